The number of hydrogen-bond acceptors (Lipinski definition) is 3. The summed E-state index contributed by atoms with van der Waals surface area (Å²) in [7, 11) is 0. The zero-order valence-corrected chi connectivity index (χ0v) is 12.5. The molecule has 4 heteroatoms. The van der Waals surface area contributed by atoms with Crippen LogP contribution in [0, 0.1) is 5.92 Å². The molecule has 4 nitrogen and oxygen atoms in total. The van der Waals surface area contributed by atoms with Gasteiger partial charge in [0.1, 0.15) is 5.75 Å². The first-order valence-electron chi connectivity index (χ1n) is 7.86. The van der Waals surface area contributed by atoms with Crippen LogP contribution in [0.25, 0.3) is 0 Å². The molecule has 3 unspecified atom stereocenters. The molecule has 21 heavy (non-hydrogen) atoms. The Labute approximate surface area is 125 Å². The van der Waals surface area contributed by atoms with Crippen molar-refractivity contribution in [2.45, 2.75) is 44.7 Å². The van der Waals surface area contributed by atoms with Crippen LogP contribution in [0.1, 0.15) is 44.2 Å². The Morgan fingerprint density at radius 3 is 3.00 bits per heavy atom. The quantitative estimate of drug-likeness (QED) is 0.929. The molecule has 2 aliphatic rings. The van der Waals surface area contributed by atoms with Crippen LogP contribution in [0.5, 0.6) is 5.75 Å². The highest BCUT2D eigenvalue weighted by molar-refractivity contribution is 5.67. The Kier molecular flexibility index (Phi) is 4.15. The number of ether oxygens (including phenoxy) is 1. The average molecular weight is 289 g/mol. The summed E-state index contributed by atoms with van der Waals surface area (Å²) in [6, 6.07) is 8.61. The van der Waals surface area contributed by atoms with Gasteiger partial charge in [0.15, 0.2) is 0 Å². The lowest BCUT2D eigenvalue weighted by Gasteiger charge is -2.45. The molecular formula is C17H23NO3. The molecule has 0 bridgehead atoms. The van der Waals surface area contributed by atoms with E-state index in [1.807, 2.05) is 18.2 Å². The summed E-state index contributed by atoms with van der Waals surface area (Å²) in [5.41, 5.74) is 1.22. The standard InChI is InChI=1S/C17H23NO3/c1-12-11-21-15-8-3-2-7-14(15)17(12)18-9-5-4-6-13(18)10-16(19)20/h2-3,7-8,12-13,17H,4-6,9-11H2,1H3,(H,19,20). The summed E-state index contributed by atoms with van der Waals surface area (Å²) in [4.78, 5) is 13.6. The van der Waals surface area contributed by atoms with E-state index < -0.39 is 5.97 Å². The Morgan fingerprint density at radius 1 is 1.38 bits per heavy atom. The third kappa shape index (κ3) is 2.91. The number of carboxylic acid groups (broad SMARTS) is 1. The van der Waals surface area contributed by atoms with Gasteiger partial charge in [-0.1, -0.05) is 31.5 Å². The zero-order valence-electron chi connectivity index (χ0n) is 12.5. The van der Waals surface area contributed by atoms with E-state index in [1.54, 1.807) is 0 Å². The molecule has 0 radical (unpaired) electrons. The van der Waals surface area contributed by atoms with Gasteiger partial charge in [-0.05, 0) is 25.5 Å². The lowest BCUT2D eigenvalue weighted by atomic mass is 9.86. The largest absolute Gasteiger partial charge is 0.493 e. The fraction of sp³-hybridized carbons (Fsp3) is 0.588. The van der Waals surface area contributed by atoms with Crippen LogP contribution in [0.15, 0.2) is 24.3 Å². The number of nitrogens with zero attached hydrogens (tertiary/aromatic N) is 1. The molecule has 0 spiro atoms. The van der Waals surface area contributed by atoms with E-state index in [2.05, 4.69) is 17.9 Å². The number of carbonyl (C=O) groups is 1. The Hall–Kier alpha value is -1.55. The molecule has 2 aliphatic heterocycles. The van der Waals surface area contributed by atoms with Gasteiger partial charge in [-0.3, -0.25) is 9.69 Å². The lowest BCUT2D eigenvalue weighted by molar-refractivity contribution is -0.139. The number of hydrogen-bond donors (Lipinski definition) is 1. The number of piperidine rings is 1. The maximum absolute atomic E-state index is 11.2. The predicted molar refractivity (Wildman–Crippen MR) is 80.4 cm³/mol. The van der Waals surface area contributed by atoms with Gasteiger partial charge >= 0.3 is 5.97 Å². The minimum absolute atomic E-state index is 0.148. The van der Waals surface area contributed by atoms with Crippen molar-refractivity contribution in [2.24, 2.45) is 5.92 Å². The molecule has 2 heterocycles. The second kappa shape index (κ2) is 6.06. The van der Waals surface area contributed by atoms with Crippen LogP contribution >= 0.6 is 0 Å². The Morgan fingerprint density at radius 2 is 2.19 bits per heavy atom. The number of benzene rings is 1. The third-order valence-electron chi connectivity index (χ3n) is 4.72. The Bertz CT molecular complexity index is 517. The van der Waals surface area contributed by atoms with Gasteiger partial charge in [0.05, 0.1) is 13.0 Å². The number of rotatable bonds is 3. The molecule has 114 valence electrons. The zero-order chi connectivity index (χ0) is 14.8. The lowest BCUT2D eigenvalue weighted by Crippen LogP contribution is -2.47. The third-order valence-corrected chi connectivity index (χ3v) is 4.72. The first kappa shape index (κ1) is 14.4. The Balaban J connectivity index is 1.91. The molecule has 1 saturated heterocycles. The monoisotopic (exact) mass is 289 g/mol. The molecule has 1 fully saturated rings. The smallest absolute Gasteiger partial charge is 0.304 e. The summed E-state index contributed by atoms with van der Waals surface area (Å²) in [6.07, 6.45) is 3.51. The SMILES string of the molecule is CC1COc2ccccc2C1N1CCCCC1CC(=O)O. The summed E-state index contributed by atoms with van der Waals surface area (Å²) < 4.78 is 5.83. The highest BCUT2D eigenvalue weighted by Crippen LogP contribution is 2.42. The molecule has 0 aliphatic carbocycles. The van der Waals surface area contributed by atoms with Gasteiger partial charge < -0.3 is 9.84 Å². The van der Waals surface area contributed by atoms with Crippen LogP contribution in [-0.2, 0) is 4.79 Å². The molecule has 0 saturated carbocycles. The normalized spacial score (nSPS) is 29.5. The highest BCUT2D eigenvalue weighted by atomic mass is 16.5. The van der Waals surface area contributed by atoms with Crippen LogP contribution in [-0.4, -0.2) is 35.2 Å². The molecule has 3 rings (SSSR count). The molecular weight excluding hydrogens is 266 g/mol. The summed E-state index contributed by atoms with van der Waals surface area (Å²) in [5.74, 6) is 0.648. The van der Waals surface area contributed by atoms with Gasteiger partial charge in [-0.15, -0.1) is 0 Å². The molecule has 1 aromatic carbocycles. The van der Waals surface area contributed by atoms with Crippen molar-refractivity contribution in [3.8, 4) is 5.75 Å². The van der Waals surface area contributed by atoms with Crippen LogP contribution in [0.4, 0.5) is 0 Å². The topological polar surface area (TPSA) is 49.8 Å². The van der Waals surface area contributed by atoms with E-state index in [4.69, 9.17) is 4.74 Å². The van der Waals surface area contributed by atoms with Crippen LogP contribution < -0.4 is 4.74 Å². The van der Waals surface area contributed by atoms with Crippen molar-refractivity contribution < 1.29 is 14.6 Å². The first-order valence-corrected chi connectivity index (χ1v) is 7.86. The number of para-hydroxylation sites is 1. The van der Waals surface area contributed by atoms with E-state index in [-0.39, 0.29) is 18.5 Å². The average Bonchev–Trinajstić information content (AvgIpc) is 2.48. The summed E-state index contributed by atoms with van der Waals surface area (Å²) in [5, 5.41) is 9.19. The number of likely N-dealkylation sites (tertiary alicyclic amines) is 1. The molecule has 1 aromatic rings. The maximum Gasteiger partial charge on any atom is 0.304 e. The highest BCUT2D eigenvalue weighted by Gasteiger charge is 2.37. The van der Waals surface area contributed by atoms with Gasteiger partial charge in [0.2, 0.25) is 0 Å². The maximum atomic E-state index is 11.2. The molecule has 0 amide bonds. The number of carboxylic acids is 1. The van der Waals surface area contributed by atoms with E-state index in [1.165, 1.54) is 5.56 Å². The van der Waals surface area contributed by atoms with E-state index in [0.29, 0.717) is 12.5 Å². The summed E-state index contributed by atoms with van der Waals surface area (Å²) in [6.45, 7) is 3.90. The first-order chi connectivity index (χ1) is 10.2. The minimum atomic E-state index is -0.695. The van der Waals surface area contributed by atoms with E-state index in [0.717, 1.165) is 31.6 Å². The molecule has 3 atom stereocenters. The van der Waals surface area contributed by atoms with Crippen molar-refractivity contribution in [2.75, 3.05) is 13.2 Å². The van der Waals surface area contributed by atoms with E-state index in [9.17, 15) is 9.90 Å². The molecule has 0 aromatic heterocycles. The van der Waals surface area contributed by atoms with Crippen LogP contribution in [0.3, 0.4) is 0 Å². The van der Waals surface area contributed by atoms with Gasteiger partial charge in [0.25, 0.3) is 0 Å². The van der Waals surface area contributed by atoms with Crippen LogP contribution in [0.2, 0.25) is 0 Å². The number of fused-ring (bicyclic) bond motifs is 1. The van der Waals surface area contributed by atoms with E-state index >= 15 is 0 Å². The number of aliphatic carboxylic acids is 1. The van der Waals surface area contributed by atoms with Gasteiger partial charge in [-0.25, -0.2) is 0 Å². The second-order valence-electron chi connectivity index (χ2n) is 6.26. The van der Waals surface area contributed by atoms with Crippen molar-refractivity contribution in [1.29, 1.82) is 0 Å². The second-order valence-corrected chi connectivity index (χ2v) is 6.26. The minimum Gasteiger partial charge on any atom is -0.493 e. The molecule has 1 N–H and O–H groups in total. The predicted octanol–water partition coefficient (Wildman–Crippen LogP) is 3.09. The summed E-state index contributed by atoms with van der Waals surface area (Å²) >= 11 is 0. The van der Waals surface area contributed by atoms with Gasteiger partial charge in [-0.2, -0.15) is 0 Å². The fourth-order valence-electron chi connectivity index (χ4n) is 3.79. The van der Waals surface area contributed by atoms with Crippen molar-refractivity contribution >= 4 is 5.97 Å². The van der Waals surface area contributed by atoms with Crippen molar-refractivity contribution in [1.82, 2.24) is 4.90 Å². The van der Waals surface area contributed by atoms with Crippen molar-refractivity contribution in [3.05, 3.63) is 29.8 Å². The fourth-order valence-corrected chi connectivity index (χ4v) is 3.79. The van der Waals surface area contributed by atoms with Crippen molar-refractivity contribution in [3.63, 3.8) is 0 Å². The van der Waals surface area contributed by atoms with Gasteiger partial charge in [0, 0.05) is 23.6 Å².